The van der Waals surface area contributed by atoms with Crippen molar-refractivity contribution in [1.82, 2.24) is 5.32 Å². The number of hydrogen-bond acceptors (Lipinski definition) is 6. The molecule has 2 atom stereocenters. The van der Waals surface area contributed by atoms with Gasteiger partial charge in [0, 0.05) is 0 Å². The molecule has 1 rings (SSSR count). The maximum Gasteiger partial charge on any atom is 0.408 e. The van der Waals surface area contributed by atoms with Crippen LogP contribution >= 0.6 is 0 Å². The second kappa shape index (κ2) is 7.28. The molecule has 0 aliphatic carbocycles. The van der Waals surface area contributed by atoms with Crippen molar-refractivity contribution in [2.75, 3.05) is 13.7 Å². The van der Waals surface area contributed by atoms with E-state index in [1.165, 1.54) is 7.11 Å². The summed E-state index contributed by atoms with van der Waals surface area (Å²) in [7, 11) is 1.25. The summed E-state index contributed by atoms with van der Waals surface area (Å²) in [6, 6.07) is -0.835. The average Bonchev–Trinajstić information content (AvgIpc) is 2.77. The summed E-state index contributed by atoms with van der Waals surface area (Å²) in [6.45, 7) is 5.60. The molecule has 7 nitrogen and oxygen atoms in total. The first kappa shape index (κ1) is 17.3. The number of esters is 2. The minimum absolute atomic E-state index is 0.224. The van der Waals surface area contributed by atoms with E-state index in [1.54, 1.807) is 20.8 Å². The van der Waals surface area contributed by atoms with Gasteiger partial charge in [-0.1, -0.05) is 0 Å². The van der Waals surface area contributed by atoms with Crippen molar-refractivity contribution in [3.63, 3.8) is 0 Å². The number of ether oxygens (including phenoxy) is 3. The Morgan fingerprint density at radius 1 is 1.43 bits per heavy atom. The largest absolute Gasteiger partial charge is 0.467 e. The molecule has 7 heteroatoms. The summed E-state index contributed by atoms with van der Waals surface area (Å²) in [5, 5.41) is 2.48. The number of methoxy groups -OCH3 is 1. The highest BCUT2D eigenvalue weighted by atomic mass is 16.6. The average molecular weight is 301 g/mol. The first-order chi connectivity index (χ1) is 9.73. The number of alkyl carbamates (subject to hydrolysis) is 1. The van der Waals surface area contributed by atoms with Gasteiger partial charge in [0.2, 0.25) is 0 Å². The van der Waals surface area contributed by atoms with Crippen LogP contribution in [0.25, 0.3) is 0 Å². The van der Waals surface area contributed by atoms with E-state index in [0.29, 0.717) is 25.9 Å². The summed E-state index contributed by atoms with van der Waals surface area (Å²) in [5.41, 5.74) is -0.653. The van der Waals surface area contributed by atoms with Gasteiger partial charge in [-0.15, -0.1) is 0 Å². The summed E-state index contributed by atoms with van der Waals surface area (Å²) in [4.78, 5) is 34.8. The fourth-order valence-corrected chi connectivity index (χ4v) is 2.01. The first-order valence-electron chi connectivity index (χ1n) is 6.97. The lowest BCUT2D eigenvalue weighted by molar-refractivity contribution is -0.144. The molecule has 1 N–H and O–H groups in total. The van der Waals surface area contributed by atoms with Gasteiger partial charge < -0.3 is 19.5 Å². The molecule has 1 amide bonds. The van der Waals surface area contributed by atoms with Gasteiger partial charge in [-0.05, 0) is 40.0 Å². The molecule has 1 aliphatic heterocycles. The molecular formula is C14H23NO6. The fraction of sp³-hybridized carbons (Fsp3) is 0.786. The second-order valence-electron chi connectivity index (χ2n) is 5.95. The smallest absolute Gasteiger partial charge is 0.408 e. The molecule has 120 valence electrons. The lowest BCUT2D eigenvalue weighted by Crippen LogP contribution is -2.44. The highest BCUT2D eigenvalue weighted by molar-refractivity contribution is 5.81. The first-order valence-corrected chi connectivity index (χ1v) is 6.97. The normalized spacial score (nSPS) is 19.6. The second-order valence-corrected chi connectivity index (χ2v) is 5.95. The zero-order chi connectivity index (χ0) is 16.0. The number of rotatable bonds is 5. The summed E-state index contributed by atoms with van der Waals surface area (Å²) in [5.74, 6) is -1.04. The highest BCUT2D eigenvalue weighted by Crippen LogP contribution is 2.21. The lowest BCUT2D eigenvalue weighted by atomic mass is 9.99. The number of hydrogen-bond donors (Lipinski definition) is 1. The number of carbonyl (C=O) groups excluding carboxylic acids is 3. The molecular weight excluding hydrogens is 278 g/mol. The summed E-state index contributed by atoms with van der Waals surface area (Å²) in [6.07, 6.45) is 0.700. The molecule has 0 aromatic rings. The number of carbonyl (C=O) groups is 3. The van der Waals surface area contributed by atoms with Crippen molar-refractivity contribution in [2.24, 2.45) is 5.92 Å². The molecule has 0 aromatic carbocycles. The van der Waals surface area contributed by atoms with Gasteiger partial charge in [-0.2, -0.15) is 0 Å². The van der Waals surface area contributed by atoms with Crippen LogP contribution in [0.15, 0.2) is 0 Å². The van der Waals surface area contributed by atoms with Crippen LogP contribution in [0.1, 0.15) is 40.0 Å². The zero-order valence-corrected chi connectivity index (χ0v) is 12.9. The Kier molecular flexibility index (Phi) is 5.99. The molecule has 1 unspecified atom stereocenters. The van der Waals surface area contributed by atoms with Crippen molar-refractivity contribution in [1.29, 1.82) is 0 Å². The van der Waals surface area contributed by atoms with Crippen LogP contribution in [0.3, 0.4) is 0 Å². The third-order valence-electron chi connectivity index (χ3n) is 3.02. The van der Waals surface area contributed by atoms with E-state index >= 15 is 0 Å². The van der Waals surface area contributed by atoms with Crippen molar-refractivity contribution in [3.05, 3.63) is 0 Å². The third-order valence-corrected chi connectivity index (χ3v) is 3.02. The molecule has 0 spiro atoms. The Hall–Kier alpha value is -1.79. The van der Waals surface area contributed by atoms with Gasteiger partial charge in [0.1, 0.15) is 11.6 Å². The minimum atomic E-state index is -0.835. The van der Waals surface area contributed by atoms with Crippen LogP contribution in [0, 0.1) is 5.92 Å². The summed E-state index contributed by atoms with van der Waals surface area (Å²) < 4.78 is 14.6. The van der Waals surface area contributed by atoms with Crippen LogP contribution in [0.2, 0.25) is 0 Å². The predicted octanol–water partition coefficient (Wildman–Crippen LogP) is 1.40. The van der Waals surface area contributed by atoms with E-state index in [2.05, 4.69) is 10.1 Å². The van der Waals surface area contributed by atoms with Crippen LogP contribution in [0.4, 0.5) is 4.79 Å². The molecule has 1 fully saturated rings. The van der Waals surface area contributed by atoms with E-state index in [4.69, 9.17) is 9.47 Å². The lowest BCUT2D eigenvalue weighted by Gasteiger charge is -2.22. The van der Waals surface area contributed by atoms with Gasteiger partial charge in [0.15, 0.2) is 0 Å². The predicted molar refractivity (Wildman–Crippen MR) is 73.5 cm³/mol. The number of nitrogens with one attached hydrogen (secondary N) is 1. The highest BCUT2D eigenvalue weighted by Gasteiger charge is 2.30. The molecule has 1 saturated heterocycles. The van der Waals surface area contributed by atoms with Crippen molar-refractivity contribution in [2.45, 2.75) is 51.7 Å². The molecule has 21 heavy (non-hydrogen) atoms. The van der Waals surface area contributed by atoms with Gasteiger partial charge in [-0.3, -0.25) is 4.79 Å². The molecule has 0 bridgehead atoms. The number of cyclic esters (lactones) is 1. The fourth-order valence-electron chi connectivity index (χ4n) is 2.01. The van der Waals surface area contributed by atoms with Crippen molar-refractivity contribution >= 4 is 18.0 Å². The molecule has 0 aromatic heterocycles. The van der Waals surface area contributed by atoms with E-state index in [1.807, 2.05) is 0 Å². The van der Waals surface area contributed by atoms with Crippen LogP contribution in [-0.4, -0.2) is 43.4 Å². The minimum Gasteiger partial charge on any atom is -0.467 e. The Morgan fingerprint density at radius 2 is 2.10 bits per heavy atom. The van der Waals surface area contributed by atoms with Crippen LogP contribution in [0.5, 0.6) is 0 Å². The Balaban J connectivity index is 2.53. The number of amides is 1. The quantitative estimate of drug-likeness (QED) is 0.609. The Labute approximate surface area is 124 Å². The van der Waals surface area contributed by atoms with Gasteiger partial charge in [-0.25, -0.2) is 9.59 Å². The third kappa shape index (κ3) is 6.01. The topological polar surface area (TPSA) is 90.9 Å². The summed E-state index contributed by atoms with van der Waals surface area (Å²) >= 11 is 0. The van der Waals surface area contributed by atoms with E-state index in [0.717, 1.165) is 0 Å². The van der Waals surface area contributed by atoms with E-state index in [9.17, 15) is 14.4 Å². The van der Waals surface area contributed by atoms with Crippen LogP contribution in [-0.2, 0) is 23.8 Å². The van der Waals surface area contributed by atoms with Crippen molar-refractivity contribution in [3.8, 4) is 0 Å². The zero-order valence-electron chi connectivity index (χ0n) is 12.9. The Morgan fingerprint density at radius 3 is 2.57 bits per heavy atom. The Bertz CT molecular complexity index is 401. The standard InChI is InChI=1S/C14H23NO6/c1-14(2,3)21-13(18)15-10(12(17)19-4)6-5-9-7-8-20-11(9)16/h9-10H,5-8H2,1-4H3,(H,15,18)/t9?,10-/m0/s1. The molecule has 1 heterocycles. The molecule has 0 saturated carbocycles. The maximum atomic E-state index is 11.7. The van der Waals surface area contributed by atoms with Gasteiger partial charge >= 0.3 is 18.0 Å². The molecule has 1 aliphatic rings. The van der Waals surface area contributed by atoms with Gasteiger partial charge in [0.05, 0.1) is 19.6 Å². The van der Waals surface area contributed by atoms with Gasteiger partial charge in [0.25, 0.3) is 0 Å². The maximum absolute atomic E-state index is 11.7. The monoisotopic (exact) mass is 301 g/mol. The van der Waals surface area contributed by atoms with Crippen molar-refractivity contribution < 1.29 is 28.6 Å². The van der Waals surface area contributed by atoms with Crippen LogP contribution < -0.4 is 5.32 Å². The van der Waals surface area contributed by atoms with E-state index in [-0.39, 0.29) is 11.9 Å². The van der Waals surface area contributed by atoms with E-state index < -0.39 is 23.7 Å². The molecule has 0 radical (unpaired) electrons. The SMILES string of the molecule is COC(=O)[C@H](CCC1CCOC1=O)NC(=O)OC(C)(C)C.